The lowest BCUT2D eigenvalue weighted by atomic mass is 9.93. The number of carboxylic acids is 1. The van der Waals surface area contributed by atoms with Crippen molar-refractivity contribution in [2.24, 2.45) is 0 Å². The summed E-state index contributed by atoms with van der Waals surface area (Å²) in [6.07, 6.45) is 3.08. The lowest BCUT2D eigenvalue weighted by molar-refractivity contribution is -0.0592. The molecule has 3 aliphatic heterocycles. The van der Waals surface area contributed by atoms with Gasteiger partial charge in [-0.3, -0.25) is 4.90 Å². The number of piperidine rings is 1. The van der Waals surface area contributed by atoms with Gasteiger partial charge in [0.15, 0.2) is 0 Å². The van der Waals surface area contributed by atoms with Crippen LogP contribution in [0.2, 0.25) is 0 Å². The Balaban J connectivity index is 1.16. The first kappa shape index (κ1) is 21.5. The van der Waals surface area contributed by atoms with E-state index in [1.807, 2.05) is 12.1 Å². The number of rotatable bonds is 8. The van der Waals surface area contributed by atoms with Gasteiger partial charge in [0.1, 0.15) is 12.4 Å². The minimum absolute atomic E-state index is 0.138. The van der Waals surface area contributed by atoms with Crippen LogP contribution in [0.25, 0.3) is 11.0 Å². The Morgan fingerprint density at radius 2 is 1.94 bits per heavy atom. The second-order valence-electron chi connectivity index (χ2n) is 9.26. The molecular weight excluding hydrogens is 436 g/mol. The van der Waals surface area contributed by atoms with Gasteiger partial charge in [-0.15, -0.1) is 0 Å². The molecule has 0 spiro atoms. The van der Waals surface area contributed by atoms with Gasteiger partial charge in [0, 0.05) is 24.3 Å². The van der Waals surface area contributed by atoms with E-state index < -0.39 is 5.97 Å². The number of nitrogens with zero attached hydrogens (tertiary/aromatic N) is 4. The normalized spacial score (nSPS) is 23.1. The second-order valence-corrected chi connectivity index (χ2v) is 9.26. The summed E-state index contributed by atoms with van der Waals surface area (Å²) in [6.45, 7) is 4.76. The number of aromatic nitrogens is 3. The average Bonchev–Trinajstić information content (AvgIpc) is 3.56. The van der Waals surface area contributed by atoms with Crippen LogP contribution in [0.15, 0.2) is 36.4 Å². The SMILES string of the molecule is O=C(O)c1ccc2nc(CN3CCC(c4cccc(OC5CO5)n4)CC3)n(C[C@@H]3CCO3)c2c1. The summed E-state index contributed by atoms with van der Waals surface area (Å²) in [6, 6.07) is 11.1. The molecule has 9 heteroatoms. The largest absolute Gasteiger partial charge is 0.478 e. The summed E-state index contributed by atoms with van der Waals surface area (Å²) in [4.78, 5) is 23.5. The summed E-state index contributed by atoms with van der Waals surface area (Å²) in [7, 11) is 0. The van der Waals surface area contributed by atoms with Crippen LogP contribution in [0.1, 0.15) is 47.1 Å². The number of imidazole rings is 1. The monoisotopic (exact) mass is 464 g/mol. The maximum absolute atomic E-state index is 11.5. The van der Waals surface area contributed by atoms with Crippen LogP contribution in [0, 0.1) is 0 Å². The first-order valence-corrected chi connectivity index (χ1v) is 11.9. The molecule has 2 aromatic heterocycles. The molecule has 1 N–H and O–H groups in total. The van der Waals surface area contributed by atoms with E-state index in [0.717, 1.165) is 68.1 Å². The minimum Gasteiger partial charge on any atom is -0.478 e. The highest BCUT2D eigenvalue weighted by Gasteiger charge is 2.28. The first-order chi connectivity index (χ1) is 16.6. The van der Waals surface area contributed by atoms with Crippen molar-refractivity contribution in [3.05, 3.63) is 53.5 Å². The van der Waals surface area contributed by atoms with Gasteiger partial charge in [0.2, 0.25) is 12.2 Å². The van der Waals surface area contributed by atoms with Crippen molar-refractivity contribution >= 4 is 17.0 Å². The zero-order valence-electron chi connectivity index (χ0n) is 18.9. The van der Waals surface area contributed by atoms with Crippen LogP contribution in [-0.4, -0.2) is 69.2 Å². The highest BCUT2D eigenvalue weighted by atomic mass is 16.8. The summed E-state index contributed by atoms with van der Waals surface area (Å²) in [5, 5.41) is 9.44. The number of carbonyl (C=O) groups is 1. The highest BCUT2D eigenvalue weighted by molar-refractivity contribution is 5.92. The molecule has 3 fully saturated rings. The van der Waals surface area contributed by atoms with Gasteiger partial charge in [-0.05, 0) is 56.6 Å². The number of carboxylic acid groups (broad SMARTS) is 1. The fraction of sp³-hybridized carbons (Fsp3) is 0.480. The van der Waals surface area contributed by atoms with E-state index >= 15 is 0 Å². The van der Waals surface area contributed by atoms with Gasteiger partial charge in [0.25, 0.3) is 0 Å². The molecule has 6 rings (SSSR count). The van der Waals surface area contributed by atoms with Crippen molar-refractivity contribution in [3.8, 4) is 5.88 Å². The number of aromatic carboxylic acids is 1. The molecule has 9 nitrogen and oxygen atoms in total. The molecular formula is C25H28N4O5. The number of fused-ring (bicyclic) bond motifs is 1. The standard InChI is InChI=1S/C25H28N4O5/c30-25(31)17-4-5-20-21(12-17)29(13-18-8-11-32-18)22(26-20)14-28-9-6-16(7-10-28)19-2-1-3-23(27-19)34-24-15-33-24/h1-5,12,16,18,24H,6-11,13-15H2,(H,30,31)/t18-,24?/m0/s1. The van der Waals surface area contributed by atoms with Gasteiger partial charge >= 0.3 is 5.97 Å². The second kappa shape index (κ2) is 8.98. The number of benzene rings is 1. The third-order valence-electron chi connectivity index (χ3n) is 6.92. The number of hydrogen-bond acceptors (Lipinski definition) is 7. The Hall–Kier alpha value is -3.01. The van der Waals surface area contributed by atoms with Crippen LogP contribution < -0.4 is 4.74 Å². The molecule has 0 aliphatic carbocycles. The van der Waals surface area contributed by atoms with Gasteiger partial charge in [0.05, 0.1) is 35.8 Å². The van der Waals surface area contributed by atoms with Crippen molar-refractivity contribution in [2.75, 3.05) is 26.3 Å². The summed E-state index contributed by atoms with van der Waals surface area (Å²) in [5.74, 6) is 1.07. The van der Waals surface area contributed by atoms with Gasteiger partial charge in [-0.1, -0.05) is 6.07 Å². The maximum Gasteiger partial charge on any atom is 0.335 e. The van der Waals surface area contributed by atoms with Gasteiger partial charge < -0.3 is 23.9 Å². The van der Waals surface area contributed by atoms with E-state index in [1.165, 1.54) is 0 Å². The molecule has 3 aliphatic rings. The molecule has 0 radical (unpaired) electrons. The lowest BCUT2D eigenvalue weighted by Crippen LogP contribution is -2.35. The van der Waals surface area contributed by atoms with Gasteiger partial charge in [-0.25, -0.2) is 14.8 Å². The fourth-order valence-corrected chi connectivity index (χ4v) is 4.81. The molecule has 0 amide bonds. The molecule has 3 aromatic rings. The van der Waals surface area contributed by atoms with Crippen LogP contribution in [0.4, 0.5) is 0 Å². The Labute approximate surface area is 197 Å². The van der Waals surface area contributed by atoms with Crippen molar-refractivity contribution in [1.82, 2.24) is 19.4 Å². The molecule has 178 valence electrons. The number of pyridine rings is 1. The molecule has 2 atom stereocenters. The maximum atomic E-state index is 11.5. The zero-order valence-corrected chi connectivity index (χ0v) is 18.9. The lowest BCUT2D eigenvalue weighted by Gasteiger charge is -2.32. The predicted octanol–water partition coefficient (Wildman–Crippen LogP) is 3.03. The van der Waals surface area contributed by atoms with Crippen LogP contribution in [0.5, 0.6) is 5.88 Å². The fourth-order valence-electron chi connectivity index (χ4n) is 4.81. The predicted molar refractivity (Wildman–Crippen MR) is 123 cm³/mol. The van der Waals surface area contributed by atoms with E-state index in [4.69, 9.17) is 24.2 Å². The molecule has 0 saturated carbocycles. The quantitative estimate of drug-likeness (QED) is 0.508. The first-order valence-electron chi connectivity index (χ1n) is 11.9. The van der Waals surface area contributed by atoms with E-state index in [9.17, 15) is 9.90 Å². The number of hydrogen-bond donors (Lipinski definition) is 1. The Kier molecular flexibility index (Phi) is 5.68. The molecule has 5 heterocycles. The van der Waals surface area contributed by atoms with Crippen molar-refractivity contribution in [1.29, 1.82) is 0 Å². The van der Waals surface area contributed by atoms with E-state index in [-0.39, 0.29) is 18.0 Å². The average molecular weight is 465 g/mol. The molecule has 3 saturated heterocycles. The summed E-state index contributed by atoms with van der Waals surface area (Å²) < 4.78 is 18.6. The van der Waals surface area contributed by atoms with Crippen LogP contribution in [0.3, 0.4) is 0 Å². The summed E-state index contributed by atoms with van der Waals surface area (Å²) in [5.41, 5.74) is 3.05. The van der Waals surface area contributed by atoms with E-state index in [1.54, 1.807) is 18.2 Å². The van der Waals surface area contributed by atoms with Crippen LogP contribution >= 0.6 is 0 Å². The third kappa shape index (κ3) is 4.51. The van der Waals surface area contributed by atoms with E-state index in [0.29, 0.717) is 24.9 Å². The van der Waals surface area contributed by atoms with Crippen molar-refractivity contribution in [2.45, 2.75) is 50.7 Å². The Morgan fingerprint density at radius 1 is 1.12 bits per heavy atom. The topological polar surface area (TPSA) is 102 Å². The van der Waals surface area contributed by atoms with E-state index in [2.05, 4.69) is 15.5 Å². The molecule has 0 bridgehead atoms. The smallest absolute Gasteiger partial charge is 0.335 e. The van der Waals surface area contributed by atoms with Gasteiger partial charge in [-0.2, -0.15) is 0 Å². The van der Waals surface area contributed by atoms with Crippen molar-refractivity contribution < 1.29 is 24.1 Å². The highest BCUT2D eigenvalue weighted by Crippen LogP contribution is 2.30. The molecule has 34 heavy (non-hydrogen) atoms. The molecule has 1 unspecified atom stereocenters. The Morgan fingerprint density at radius 3 is 2.65 bits per heavy atom. The Bertz CT molecular complexity index is 1200. The number of likely N-dealkylation sites (tertiary alicyclic amines) is 1. The van der Waals surface area contributed by atoms with Crippen LogP contribution in [-0.2, 0) is 22.6 Å². The number of ether oxygens (including phenoxy) is 3. The molecule has 1 aromatic carbocycles. The zero-order chi connectivity index (χ0) is 23.1. The van der Waals surface area contributed by atoms with Crippen molar-refractivity contribution in [3.63, 3.8) is 0 Å². The number of epoxide rings is 1. The third-order valence-corrected chi connectivity index (χ3v) is 6.92. The summed E-state index contributed by atoms with van der Waals surface area (Å²) >= 11 is 0. The minimum atomic E-state index is -0.925.